The van der Waals surface area contributed by atoms with E-state index in [0.717, 1.165) is 10.5 Å². The average Bonchev–Trinajstić information content (AvgIpc) is 2.95. The van der Waals surface area contributed by atoms with Crippen molar-refractivity contribution in [3.05, 3.63) is 59.7 Å². The van der Waals surface area contributed by atoms with Gasteiger partial charge in [0.2, 0.25) is 5.91 Å². The molecule has 2 aromatic rings. The van der Waals surface area contributed by atoms with Gasteiger partial charge in [-0.15, -0.1) is 0 Å². The highest BCUT2D eigenvalue weighted by molar-refractivity contribution is 6.23. The molecule has 6 heteroatoms. The zero-order valence-electron chi connectivity index (χ0n) is 17.4. The minimum absolute atomic E-state index is 0.0419. The maximum absolute atomic E-state index is 13.3. The van der Waals surface area contributed by atoms with Gasteiger partial charge in [-0.1, -0.05) is 17.7 Å². The van der Waals surface area contributed by atoms with Crippen LogP contribution < -0.4 is 9.64 Å². The molecule has 152 valence electrons. The maximum atomic E-state index is 13.3. The van der Waals surface area contributed by atoms with E-state index in [0.29, 0.717) is 17.0 Å². The molecule has 1 aliphatic rings. The molecule has 0 bridgehead atoms. The number of hydrogen-bond acceptors (Lipinski definition) is 4. The number of nitrogens with zero attached hydrogens (tertiary/aromatic N) is 2. The van der Waals surface area contributed by atoms with Gasteiger partial charge in [-0.2, -0.15) is 0 Å². The third-order valence-corrected chi connectivity index (χ3v) is 5.01. The molecule has 2 aromatic carbocycles. The van der Waals surface area contributed by atoms with Crippen LogP contribution in [0.5, 0.6) is 5.75 Å². The number of anilines is 1. The van der Waals surface area contributed by atoms with Gasteiger partial charge in [0.15, 0.2) is 0 Å². The summed E-state index contributed by atoms with van der Waals surface area (Å²) >= 11 is 0. The molecule has 0 saturated carbocycles. The van der Waals surface area contributed by atoms with Crippen molar-refractivity contribution >= 4 is 23.4 Å². The van der Waals surface area contributed by atoms with Crippen molar-refractivity contribution in [2.24, 2.45) is 0 Å². The Morgan fingerprint density at radius 2 is 1.62 bits per heavy atom. The van der Waals surface area contributed by atoms with E-state index < -0.39 is 17.5 Å². The molecule has 0 spiro atoms. The second-order valence-electron chi connectivity index (χ2n) is 8.20. The summed E-state index contributed by atoms with van der Waals surface area (Å²) in [5.41, 5.74) is 1.37. The minimum Gasteiger partial charge on any atom is -0.497 e. The average molecular weight is 394 g/mol. The van der Waals surface area contributed by atoms with E-state index in [1.165, 1.54) is 4.90 Å². The fraction of sp³-hybridized carbons (Fsp3) is 0.348. The highest BCUT2D eigenvalue weighted by Gasteiger charge is 2.47. The van der Waals surface area contributed by atoms with Crippen molar-refractivity contribution in [2.75, 3.05) is 12.0 Å². The van der Waals surface area contributed by atoms with E-state index in [2.05, 4.69) is 0 Å². The number of aryl methyl sites for hydroxylation is 1. The van der Waals surface area contributed by atoms with Crippen LogP contribution in [0.25, 0.3) is 0 Å². The Hall–Kier alpha value is -3.15. The molecule has 1 atom stereocenters. The molecule has 3 amide bonds. The summed E-state index contributed by atoms with van der Waals surface area (Å²) in [4.78, 5) is 41.9. The molecular weight excluding hydrogens is 368 g/mol. The van der Waals surface area contributed by atoms with Gasteiger partial charge in [0, 0.05) is 11.1 Å². The molecule has 1 unspecified atom stereocenters. The summed E-state index contributed by atoms with van der Waals surface area (Å²) in [5, 5.41) is 0. The summed E-state index contributed by atoms with van der Waals surface area (Å²) in [6.07, 6.45) is -0.0419. The molecule has 1 aliphatic heterocycles. The fourth-order valence-corrected chi connectivity index (χ4v) is 3.57. The van der Waals surface area contributed by atoms with E-state index in [4.69, 9.17) is 4.74 Å². The maximum Gasteiger partial charge on any atom is 0.257 e. The molecule has 0 aromatic heterocycles. The van der Waals surface area contributed by atoms with E-state index in [9.17, 15) is 14.4 Å². The van der Waals surface area contributed by atoms with Gasteiger partial charge < -0.3 is 9.64 Å². The van der Waals surface area contributed by atoms with Gasteiger partial charge in [0.05, 0.1) is 19.2 Å². The highest BCUT2D eigenvalue weighted by atomic mass is 16.5. The van der Waals surface area contributed by atoms with Gasteiger partial charge in [-0.05, 0) is 64.1 Å². The lowest BCUT2D eigenvalue weighted by Gasteiger charge is -2.39. The van der Waals surface area contributed by atoms with Gasteiger partial charge in [-0.3, -0.25) is 14.4 Å². The molecule has 0 aliphatic carbocycles. The van der Waals surface area contributed by atoms with Crippen molar-refractivity contribution in [2.45, 2.75) is 45.7 Å². The predicted molar refractivity (Wildman–Crippen MR) is 111 cm³/mol. The van der Waals surface area contributed by atoms with E-state index in [1.807, 2.05) is 39.8 Å². The summed E-state index contributed by atoms with van der Waals surface area (Å²) in [7, 11) is 1.55. The Balaban J connectivity index is 1.94. The largest absolute Gasteiger partial charge is 0.497 e. The second-order valence-corrected chi connectivity index (χ2v) is 8.20. The third kappa shape index (κ3) is 4.01. The Labute approximate surface area is 171 Å². The second kappa shape index (κ2) is 7.70. The zero-order chi connectivity index (χ0) is 21.3. The summed E-state index contributed by atoms with van der Waals surface area (Å²) < 4.78 is 5.14. The minimum atomic E-state index is -0.849. The lowest BCUT2D eigenvalue weighted by Crippen LogP contribution is -2.54. The lowest BCUT2D eigenvalue weighted by atomic mass is 9.99. The van der Waals surface area contributed by atoms with Crippen LogP contribution >= 0.6 is 0 Å². The standard InChI is InChI=1S/C23H26N2O4/c1-15-6-8-16(9-7-15)21(27)25(23(2,3)4)19-14-20(26)24(22(19)28)17-10-12-18(29-5)13-11-17/h6-13,19H,14H2,1-5H3. The number of rotatable bonds is 4. The third-order valence-electron chi connectivity index (χ3n) is 5.01. The van der Waals surface area contributed by atoms with Crippen molar-refractivity contribution in [3.8, 4) is 5.75 Å². The Bertz CT molecular complexity index is 927. The molecule has 1 saturated heterocycles. The molecule has 3 rings (SSSR count). The van der Waals surface area contributed by atoms with Gasteiger partial charge in [-0.25, -0.2) is 4.90 Å². The van der Waals surface area contributed by atoms with E-state index >= 15 is 0 Å². The summed E-state index contributed by atoms with van der Waals surface area (Å²) in [6.45, 7) is 7.55. The van der Waals surface area contributed by atoms with Crippen LogP contribution in [-0.2, 0) is 9.59 Å². The van der Waals surface area contributed by atoms with Crippen LogP contribution in [-0.4, -0.2) is 41.3 Å². The number of carbonyl (C=O) groups excluding carboxylic acids is 3. The van der Waals surface area contributed by atoms with E-state index in [-0.39, 0.29) is 18.2 Å². The van der Waals surface area contributed by atoms with Crippen LogP contribution in [0.2, 0.25) is 0 Å². The molecule has 0 N–H and O–H groups in total. The van der Waals surface area contributed by atoms with Crippen molar-refractivity contribution in [1.29, 1.82) is 0 Å². The van der Waals surface area contributed by atoms with Gasteiger partial charge >= 0.3 is 0 Å². The smallest absolute Gasteiger partial charge is 0.257 e. The van der Waals surface area contributed by atoms with Crippen molar-refractivity contribution in [3.63, 3.8) is 0 Å². The molecule has 0 radical (unpaired) electrons. The first-order chi connectivity index (χ1) is 13.6. The lowest BCUT2D eigenvalue weighted by molar-refractivity contribution is -0.123. The molecule has 29 heavy (non-hydrogen) atoms. The fourth-order valence-electron chi connectivity index (χ4n) is 3.57. The van der Waals surface area contributed by atoms with Crippen LogP contribution in [0, 0.1) is 6.92 Å². The quantitative estimate of drug-likeness (QED) is 0.744. The first-order valence-corrected chi connectivity index (χ1v) is 9.54. The van der Waals surface area contributed by atoms with Crippen molar-refractivity contribution in [1.82, 2.24) is 4.90 Å². The highest BCUT2D eigenvalue weighted by Crippen LogP contribution is 2.31. The molecule has 1 heterocycles. The van der Waals surface area contributed by atoms with Crippen molar-refractivity contribution < 1.29 is 19.1 Å². The normalized spacial score (nSPS) is 16.9. The topological polar surface area (TPSA) is 66.9 Å². The van der Waals surface area contributed by atoms with Crippen LogP contribution in [0.15, 0.2) is 48.5 Å². The first kappa shape index (κ1) is 20.6. The molecular formula is C23H26N2O4. The van der Waals surface area contributed by atoms with Crippen LogP contribution in [0.1, 0.15) is 43.1 Å². The SMILES string of the molecule is COc1ccc(N2C(=O)CC(N(C(=O)c3ccc(C)cc3)C(C)(C)C)C2=O)cc1. The first-order valence-electron chi connectivity index (χ1n) is 9.54. The number of benzene rings is 2. The predicted octanol–water partition coefficient (Wildman–Crippen LogP) is 3.58. The van der Waals surface area contributed by atoms with Gasteiger partial charge in [0.1, 0.15) is 11.8 Å². The van der Waals surface area contributed by atoms with Crippen LogP contribution in [0.4, 0.5) is 5.69 Å². The number of hydrogen-bond donors (Lipinski definition) is 0. The number of amides is 3. The number of ether oxygens (including phenoxy) is 1. The molecule has 1 fully saturated rings. The monoisotopic (exact) mass is 394 g/mol. The Morgan fingerprint density at radius 1 is 1.03 bits per heavy atom. The zero-order valence-corrected chi connectivity index (χ0v) is 17.4. The van der Waals surface area contributed by atoms with E-state index in [1.54, 1.807) is 43.5 Å². The molecule has 6 nitrogen and oxygen atoms in total. The summed E-state index contributed by atoms with van der Waals surface area (Å²) in [5.74, 6) is -0.345. The Kier molecular flexibility index (Phi) is 5.46. The van der Waals surface area contributed by atoms with Crippen LogP contribution in [0.3, 0.4) is 0 Å². The summed E-state index contributed by atoms with van der Waals surface area (Å²) in [6, 6.07) is 13.1. The number of imide groups is 1. The number of carbonyl (C=O) groups is 3. The number of methoxy groups -OCH3 is 1. The Morgan fingerprint density at radius 3 is 2.14 bits per heavy atom. The van der Waals surface area contributed by atoms with Gasteiger partial charge in [0.25, 0.3) is 11.8 Å².